The maximum absolute atomic E-state index is 12.0. The number of carbonyl (C=O) groups is 2. The van der Waals surface area contributed by atoms with Gasteiger partial charge in [0.05, 0.1) is 0 Å². The molecule has 5 heteroatoms. The summed E-state index contributed by atoms with van der Waals surface area (Å²) in [5.41, 5.74) is 0. The Labute approximate surface area is 102 Å². The number of nitrogens with zero attached hydrogens (tertiary/aromatic N) is 2. The van der Waals surface area contributed by atoms with Crippen LogP contribution in [0, 0.1) is 5.92 Å². The van der Waals surface area contributed by atoms with Crippen LogP contribution < -0.4 is 0 Å². The molecule has 98 valence electrons. The highest BCUT2D eigenvalue weighted by molar-refractivity contribution is 5.84. The minimum absolute atomic E-state index is 0.0435. The Morgan fingerprint density at radius 2 is 2.06 bits per heavy atom. The molecule has 5 nitrogen and oxygen atoms in total. The number of piperidine rings is 1. The number of hydrogen-bond acceptors (Lipinski definition) is 3. The van der Waals surface area contributed by atoms with E-state index in [0.717, 1.165) is 6.42 Å². The van der Waals surface area contributed by atoms with Gasteiger partial charge in [-0.2, -0.15) is 0 Å². The van der Waals surface area contributed by atoms with E-state index >= 15 is 0 Å². The molecule has 1 fully saturated rings. The third kappa shape index (κ3) is 4.00. The lowest BCUT2D eigenvalue weighted by molar-refractivity contribution is -0.153. The largest absolute Gasteiger partial charge is 0.480 e. The van der Waals surface area contributed by atoms with E-state index in [9.17, 15) is 9.59 Å². The highest BCUT2D eigenvalue weighted by Crippen LogP contribution is 2.23. The Morgan fingerprint density at radius 3 is 2.59 bits per heavy atom. The van der Waals surface area contributed by atoms with Crippen molar-refractivity contribution in [1.29, 1.82) is 0 Å². The van der Waals surface area contributed by atoms with E-state index in [0.29, 0.717) is 31.8 Å². The quantitative estimate of drug-likeness (QED) is 0.786. The smallest absolute Gasteiger partial charge is 0.326 e. The van der Waals surface area contributed by atoms with Gasteiger partial charge in [-0.05, 0) is 32.9 Å². The van der Waals surface area contributed by atoms with Crippen LogP contribution in [-0.2, 0) is 9.59 Å². The van der Waals surface area contributed by atoms with Crippen molar-refractivity contribution >= 4 is 11.9 Å². The second-order valence-electron chi connectivity index (χ2n) is 5.12. The highest BCUT2D eigenvalue weighted by Gasteiger charge is 2.34. The molecule has 1 amide bonds. The highest BCUT2D eigenvalue weighted by atomic mass is 16.4. The van der Waals surface area contributed by atoms with Crippen molar-refractivity contribution in [1.82, 2.24) is 9.80 Å². The summed E-state index contributed by atoms with van der Waals surface area (Å²) in [6.45, 7) is 3.28. The van der Waals surface area contributed by atoms with Crippen LogP contribution in [0.15, 0.2) is 0 Å². The average Bonchev–Trinajstić information content (AvgIpc) is 2.25. The number of hydrogen-bond donors (Lipinski definition) is 1. The Morgan fingerprint density at radius 1 is 1.41 bits per heavy atom. The summed E-state index contributed by atoms with van der Waals surface area (Å²) in [7, 11) is 3.81. The number of carbonyl (C=O) groups excluding carboxylic acids is 1. The second-order valence-corrected chi connectivity index (χ2v) is 5.12. The Bertz CT molecular complexity index is 291. The third-order valence-corrected chi connectivity index (χ3v) is 3.24. The van der Waals surface area contributed by atoms with Gasteiger partial charge in [-0.1, -0.05) is 6.92 Å². The van der Waals surface area contributed by atoms with E-state index in [-0.39, 0.29) is 5.91 Å². The molecule has 1 aliphatic rings. The summed E-state index contributed by atoms with van der Waals surface area (Å²) in [5, 5.41) is 9.15. The van der Waals surface area contributed by atoms with Gasteiger partial charge in [-0.25, -0.2) is 4.79 Å². The molecule has 1 saturated heterocycles. The second kappa shape index (κ2) is 6.00. The molecular formula is C12H22N2O3. The zero-order chi connectivity index (χ0) is 13.0. The zero-order valence-electron chi connectivity index (χ0n) is 10.8. The predicted octanol–water partition coefficient (Wildman–Crippen LogP) is 0.650. The van der Waals surface area contributed by atoms with Crippen LogP contribution in [-0.4, -0.2) is 60.0 Å². The lowest BCUT2D eigenvalue weighted by Crippen LogP contribution is -2.50. The summed E-state index contributed by atoms with van der Waals surface area (Å²) < 4.78 is 0. The van der Waals surface area contributed by atoms with Crippen LogP contribution in [0.3, 0.4) is 0 Å². The normalized spacial score (nSPS) is 25.1. The van der Waals surface area contributed by atoms with Crippen molar-refractivity contribution in [2.45, 2.75) is 32.2 Å². The Hall–Kier alpha value is -1.10. The van der Waals surface area contributed by atoms with Crippen molar-refractivity contribution in [3.8, 4) is 0 Å². The molecule has 1 aliphatic heterocycles. The first kappa shape index (κ1) is 14.0. The zero-order valence-corrected chi connectivity index (χ0v) is 10.8. The Kier molecular flexibility index (Phi) is 4.93. The van der Waals surface area contributed by atoms with Crippen molar-refractivity contribution in [2.24, 2.45) is 5.92 Å². The maximum Gasteiger partial charge on any atom is 0.326 e. The first-order chi connectivity index (χ1) is 7.91. The topological polar surface area (TPSA) is 60.9 Å². The van der Waals surface area contributed by atoms with Crippen molar-refractivity contribution in [2.75, 3.05) is 27.2 Å². The first-order valence-corrected chi connectivity index (χ1v) is 6.08. The summed E-state index contributed by atoms with van der Waals surface area (Å²) in [6.07, 6.45) is 1.87. The van der Waals surface area contributed by atoms with Crippen LogP contribution in [0.5, 0.6) is 0 Å². The molecule has 0 radical (unpaired) electrons. The fourth-order valence-corrected chi connectivity index (χ4v) is 2.14. The van der Waals surface area contributed by atoms with Gasteiger partial charge in [-0.3, -0.25) is 4.79 Å². The summed E-state index contributed by atoms with van der Waals surface area (Å²) in [5.74, 6) is -0.540. The molecule has 0 spiro atoms. The first-order valence-electron chi connectivity index (χ1n) is 6.08. The molecule has 0 aromatic heterocycles. The number of rotatable bonds is 4. The number of carboxylic acid groups (broad SMARTS) is 1. The molecule has 1 N–H and O–H groups in total. The lowest BCUT2D eigenvalue weighted by Gasteiger charge is -2.36. The SMILES string of the molecule is CC1CCN(C(=O)CCN(C)C)C(C(=O)O)C1. The molecule has 0 aliphatic carbocycles. The van der Waals surface area contributed by atoms with E-state index in [2.05, 4.69) is 0 Å². The molecule has 0 saturated carbocycles. The molecular weight excluding hydrogens is 220 g/mol. The van der Waals surface area contributed by atoms with Gasteiger partial charge in [0, 0.05) is 19.5 Å². The predicted molar refractivity (Wildman–Crippen MR) is 64.7 cm³/mol. The van der Waals surface area contributed by atoms with E-state index in [4.69, 9.17) is 5.11 Å². The van der Waals surface area contributed by atoms with Crippen molar-refractivity contribution in [3.05, 3.63) is 0 Å². The molecule has 2 unspecified atom stereocenters. The van der Waals surface area contributed by atoms with Crippen LogP contribution >= 0.6 is 0 Å². The minimum Gasteiger partial charge on any atom is -0.480 e. The molecule has 0 aromatic rings. The fraction of sp³-hybridized carbons (Fsp3) is 0.833. The third-order valence-electron chi connectivity index (χ3n) is 3.24. The molecule has 17 heavy (non-hydrogen) atoms. The monoisotopic (exact) mass is 242 g/mol. The average molecular weight is 242 g/mol. The summed E-state index contributed by atoms with van der Waals surface area (Å²) in [4.78, 5) is 26.6. The lowest BCUT2D eigenvalue weighted by atomic mass is 9.92. The van der Waals surface area contributed by atoms with Gasteiger partial charge in [0.25, 0.3) is 0 Å². The summed E-state index contributed by atoms with van der Waals surface area (Å²) >= 11 is 0. The van der Waals surface area contributed by atoms with Crippen LogP contribution in [0.25, 0.3) is 0 Å². The summed E-state index contributed by atoms with van der Waals surface area (Å²) in [6, 6.07) is -0.631. The van der Waals surface area contributed by atoms with E-state index in [1.54, 1.807) is 0 Å². The van der Waals surface area contributed by atoms with Gasteiger partial charge in [0.15, 0.2) is 0 Å². The van der Waals surface area contributed by atoms with Crippen molar-refractivity contribution < 1.29 is 14.7 Å². The number of carboxylic acids is 1. The minimum atomic E-state index is -0.880. The van der Waals surface area contributed by atoms with Crippen LogP contribution in [0.2, 0.25) is 0 Å². The van der Waals surface area contributed by atoms with E-state index in [1.165, 1.54) is 4.90 Å². The van der Waals surface area contributed by atoms with E-state index < -0.39 is 12.0 Å². The van der Waals surface area contributed by atoms with Gasteiger partial charge < -0.3 is 14.9 Å². The molecule has 0 bridgehead atoms. The van der Waals surface area contributed by atoms with Gasteiger partial charge in [0.1, 0.15) is 6.04 Å². The van der Waals surface area contributed by atoms with Crippen LogP contribution in [0.1, 0.15) is 26.2 Å². The maximum atomic E-state index is 12.0. The van der Waals surface area contributed by atoms with Gasteiger partial charge in [-0.15, -0.1) is 0 Å². The standard InChI is InChI=1S/C12H22N2O3/c1-9-4-7-14(10(8-9)12(16)17)11(15)5-6-13(2)3/h9-10H,4-8H2,1-3H3,(H,16,17). The molecule has 2 atom stereocenters. The van der Waals surface area contributed by atoms with Gasteiger partial charge >= 0.3 is 5.97 Å². The van der Waals surface area contributed by atoms with Crippen molar-refractivity contribution in [3.63, 3.8) is 0 Å². The number of likely N-dealkylation sites (tertiary alicyclic amines) is 1. The molecule has 1 rings (SSSR count). The van der Waals surface area contributed by atoms with E-state index in [1.807, 2.05) is 25.9 Å². The number of amides is 1. The van der Waals surface area contributed by atoms with Gasteiger partial charge in [0.2, 0.25) is 5.91 Å². The number of aliphatic carboxylic acids is 1. The molecule has 0 aromatic carbocycles. The Balaban J connectivity index is 2.60. The fourth-order valence-electron chi connectivity index (χ4n) is 2.14. The molecule has 1 heterocycles. The van der Waals surface area contributed by atoms with Crippen LogP contribution in [0.4, 0.5) is 0 Å².